The van der Waals surface area contributed by atoms with Crippen molar-refractivity contribution in [3.8, 4) is 0 Å². The molecule has 0 bridgehead atoms. The maximum atomic E-state index is 11.9. The summed E-state index contributed by atoms with van der Waals surface area (Å²) in [7, 11) is 0. The van der Waals surface area contributed by atoms with Crippen LogP contribution in [0.15, 0.2) is 36.1 Å². The Morgan fingerprint density at radius 3 is 2.89 bits per heavy atom. The van der Waals surface area contributed by atoms with Crippen molar-refractivity contribution in [1.29, 1.82) is 0 Å². The third kappa shape index (κ3) is 2.36. The fourth-order valence-corrected chi connectivity index (χ4v) is 2.30. The Kier molecular flexibility index (Phi) is 2.81. The van der Waals surface area contributed by atoms with Gasteiger partial charge >= 0.3 is 0 Å². The Morgan fingerprint density at radius 2 is 2.11 bits per heavy atom. The summed E-state index contributed by atoms with van der Waals surface area (Å²) in [6.07, 6.45) is 2.69. The molecule has 19 heavy (non-hydrogen) atoms. The number of carbonyl (C=O) groups excluding carboxylic acids is 1. The molecule has 2 aromatic heterocycles. The van der Waals surface area contributed by atoms with E-state index in [1.807, 2.05) is 12.1 Å². The van der Waals surface area contributed by atoms with Crippen LogP contribution in [0.4, 0.5) is 11.5 Å². The first-order valence-electron chi connectivity index (χ1n) is 5.44. The van der Waals surface area contributed by atoms with Gasteiger partial charge in [-0.15, -0.1) is 11.3 Å². The van der Waals surface area contributed by atoms with Gasteiger partial charge in [-0.2, -0.15) is 0 Å². The number of amides is 1. The zero-order valence-corrected chi connectivity index (χ0v) is 10.5. The van der Waals surface area contributed by atoms with Crippen molar-refractivity contribution in [3.63, 3.8) is 0 Å². The molecule has 0 aliphatic carbocycles. The molecule has 0 unspecified atom stereocenters. The van der Waals surface area contributed by atoms with Crippen LogP contribution < -0.4 is 11.1 Å². The highest BCUT2D eigenvalue weighted by atomic mass is 32.1. The van der Waals surface area contributed by atoms with Crippen molar-refractivity contribution in [2.75, 3.05) is 11.1 Å². The molecule has 1 aromatic carbocycles. The predicted octanol–water partition coefficient (Wildman–Crippen LogP) is 1.92. The Labute approximate surface area is 112 Å². The summed E-state index contributed by atoms with van der Waals surface area (Å²) in [6.45, 7) is 0. The number of hydrogen-bond donors (Lipinski definition) is 2. The number of aromatic nitrogens is 3. The van der Waals surface area contributed by atoms with Crippen LogP contribution in [0.25, 0.3) is 10.2 Å². The number of nitrogen functional groups attached to an aromatic ring is 1. The average molecular weight is 271 g/mol. The lowest BCUT2D eigenvalue weighted by atomic mass is 10.3. The van der Waals surface area contributed by atoms with E-state index in [4.69, 9.17) is 5.73 Å². The molecule has 3 aromatic rings. The minimum atomic E-state index is -0.323. The summed E-state index contributed by atoms with van der Waals surface area (Å²) in [6, 6.07) is 5.52. The van der Waals surface area contributed by atoms with E-state index in [0.717, 1.165) is 10.2 Å². The standard InChI is InChI=1S/C12H9N5OS/c13-11-5-14-9(4-15-11)12(18)17-7-1-2-8-10(3-7)19-6-16-8/h1-6H,(H2,13,15)(H,17,18). The molecule has 0 saturated heterocycles. The monoisotopic (exact) mass is 271 g/mol. The van der Waals surface area contributed by atoms with Crippen LogP contribution in [-0.4, -0.2) is 20.9 Å². The zero-order chi connectivity index (χ0) is 13.2. The summed E-state index contributed by atoms with van der Waals surface area (Å²) in [4.78, 5) is 23.9. The molecule has 0 atom stereocenters. The van der Waals surface area contributed by atoms with Crippen molar-refractivity contribution in [2.45, 2.75) is 0 Å². The molecule has 0 saturated carbocycles. The Hall–Kier alpha value is -2.54. The molecule has 0 aliphatic heterocycles. The second kappa shape index (κ2) is 4.62. The summed E-state index contributed by atoms with van der Waals surface area (Å²) in [5.41, 5.74) is 9.01. The van der Waals surface area contributed by atoms with Gasteiger partial charge in [-0.1, -0.05) is 0 Å². The van der Waals surface area contributed by atoms with Gasteiger partial charge in [0.25, 0.3) is 5.91 Å². The smallest absolute Gasteiger partial charge is 0.275 e. The molecule has 94 valence electrons. The van der Waals surface area contributed by atoms with Gasteiger partial charge in [-0.25, -0.2) is 15.0 Å². The molecule has 1 amide bonds. The van der Waals surface area contributed by atoms with Crippen LogP contribution in [0.1, 0.15) is 10.5 Å². The molecule has 0 fully saturated rings. The number of hydrogen-bond acceptors (Lipinski definition) is 6. The minimum absolute atomic E-state index is 0.221. The van der Waals surface area contributed by atoms with E-state index in [0.29, 0.717) is 5.69 Å². The first-order chi connectivity index (χ1) is 9.22. The van der Waals surface area contributed by atoms with Gasteiger partial charge < -0.3 is 11.1 Å². The number of anilines is 2. The predicted molar refractivity (Wildman–Crippen MR) is 74.0 cm³/mol. The third-order valence-electron chi connectivity index (χ3n) is 2.49. The zero-order valence-electron chi connectivity index (χ0n) is 9.70. The van der Waals surface area contributed by atoms with Crippen molar-refractivity contribution in [2.24, 2.45) is 0 Å². The van der Waals surface area contributed by atoms with Crippen LogP contribution in [0.2, 0.25) is 0 Å². The summed E-state index contributed by atoms with van der Waals surface area (Å²) in [5.74, 6) is -0.0426. The molecule has 6 nitrogen and oxygen atoms in total. The normalized spacial score (nSPS) is 10.5. The van der Waals surface area contributed by atoms with Crippen molar-refractivity contribution in [1.82, 2.24) is 15.0 Å². The highest BCUT2D eigenvalue weighted by Gasteiger charge is 2.08. The number of carbonyl (C=O) groups is 1. The fraction of sp³-hybridized carbons (Fsp3) is 0. The molecule has 3 N–H and O–H groups in total. The Morgan fingerprint density at radius 1 is 1.21 bits per heavy atom. The highest BCUT2D eigenvalue weighted by Crippen LogP contribution is 2.22. The number of nitrogens with zero attached hydrogens (tertiary/aromatic N) is 3. The van der Waals surface area contributed by atoms with E-state index in [1.165, 1.54) is 23.7 Å². The van der Waals surface area contributed by atoms with Gasteiger partial charge in [-0.05, 0) is 18.2 Å². The number of nitrogens with one attached hydrogen (secondary N) is 1. The molecule has 0 spiro atoms. The van der Waals surface area contributed by atoms with Gasteiger partial charge in [0.15, 0.2) is 0 Å². The fourth-order valence-electron chi connectivity index (χ4n) is 1.58. The molecule has 0 aliphatic rings. The van der Waals surface area contributed by atoms with Crippen LogP contribution in [0, 0.1) is 0 Å². The topological polar surface area (TPSA) is 93.8 Å². The lowest BCUT2D eigenvalue weighted by Crippen LogP contribution is -2.14. The number of rotatable bonds is 2. The third-order valence-corrected chi connectivity index (χ3v) is 3.29. The molecule has 2 heterocycles. The van der Waals surface area contributed by atoms with E-state index in [9.17, 15) is 4.79 Å². The van der Waals surface area contributed by atoms with E-state index in [1.54, 1.807) is 11.6 Å². The maximum absolute atomic E-state index is 11.9. The quantitative estimate of drug-likeness (QED) is 0.742. The van der Waals surface area contributed by atoms with Gasteiger partial charge in [0.1, 0.15) is 11.5 Å². The Bertz CT molecular complexity index is 737. The Balaban J connectivity index is 1.83. The van der Waals surface area contributed by atoms with Crippen molar-refractivity contribution < 1.29 is 4.79 Å². The number of fused-ring (bicyclic) bond motifs is 1. The number of thiazole rings is 1. The largest absolute Gasteiger partial charge is 0.382 e. The average Bonchev–Trinajstić information content (AvgIpc) is 2.87. The summed E-state index contributed by atoms with van der Waals surface area (Å²) in [5, 5.41) is 2.76. The summed E-state index contributed by atoms with van der Waals surface area (Å²) < 4.78 is 1.01. The number of benzene rings is 1. The first-order valence-corrected chi connectivity index (χ1v) is 6.32. The minimum Gasteiger partial charge on any atom is -0.382 e. The second-order valence-electron chi connectivity index (χ2n) is 3.82. The lowest BCUT2D eigenvalue weighted by molar-refractivity contribution is 0.102. The van der Waals surface area contributed by atoms with E-state index in [-0.39, 0.29) is 17.4 Å². The van der Waals surface area contributed by atoms with Crippen LogP contribution in [0.5, 0.6) is 0 Å². The van der Waals surface area contributed by atoms with Crippen LogP contribution >= 0.6 is 11.3 Å². The van der Waals surface area contributed by atoms with Crippen molar-refractivity contribution in [3.05, 3.63) is 41.8 Å². The van der Waals surface area contributed by atoms with Gasteiger partial charge in [0, 0.05) is 5.69 Å². The van der Waals surface area contributed by atoms with Crippen LogP contribution in [-0.2, 0) is 0 Å². The molecular formula is C12H9N5OS. The van der Waals surface area contributed by atoms with Crippen molar-refractivity contribution >= 4 is 39.0 Å². The summed E-state index contributed by atoms with van der Waals surface area (Å²) >= 11 is 1.52. The SMILES string of the molecule is Nc1cnc(C(=O)Nc2ccc3ncsc3c2)cn1. The highest BCUT2D eigenvalue weighted by molar-refractivity contribution is 7.16. The maximum Gasteiger partial charge on any atom is 0.275 e. The molecule has 3 rings (SSSR count). The van der Waals surface area contributed by atoms with Gasteiger partial charge in [0.05, 0.1) is 28.1 Å². The van der Waals surface area contributed by atoms with E-state index in [2.05, 4.69) is 20.3 Å². The van der Waals surface area contributed by atoms with Gasteiger partial charge in [-0.3, -0.25) is 4.79 Å². The number of nitrogens with two attached hydrogens (primary N) is 1. The molecular weight excluding hydrogens is 262 g/mol. The molecule has 0 radical (unpaired) electrons. The molecule has 7 heteroatoms. The van der Waals surface area contributed by atoms with E-state index < -0.39 is 0 Å². The second-order valence-corrected chi connectivity index (χ2v) is 4.70. The van der Waals surface area contributed by atoms with E-state index >= 15 is 0 Å². The van der Waals surface area contributed by atoms with Gasteiger partial charge in [0.2, 0.25) is 0 Å². The van der Waals surface area contributed by atoms with Crippen LogP contribution in [0.3, 0.4) is 0 Å². The lowest BCUT2D eigenvalue weighted by Gasteiger charge is -2.04. The first kappa shape index (κ1) is 11.5.